The highest BCUT2D eigenvalue weighted by atomic mass is 32.1. The smallest absolute Gasteiger partial charge is 0.258 e. The third-order valence-electron chi connectivity index (χ3n) is 2.24. The van der Waals surface area contributed by atoms with E-state index in [-0.39, 0.29) is 11.4 Å². The largest absolute Gasteiger partial charge is 0.494 e. The first kappa shape index (κ1) is 12.9. The first-order chi connectivity index (χ1) is 7.61. The third kappa shape index (κ3) is 2.70. The lowest BCUT2D eigenvalue weighted by molar-refractivity contribution is 0.135. The van der Waals surface area contributed by atoms with Crippen LogP contribution in [0.5, 0.6) is 5.88 Å². The highest BCUT2D eigenvalue weighted by Crippen LogP contribution is 2.06. The van der Waals surface area contributed by atoms with Crippen molar-refractivity contribution in [3.05, 3.63) is 21.2 Å². The number of ether oxygens (including phenoxy) is 1. The Labute approximate surface area is 98.9 Å². The van der Waals surface area contributed by atoms with E-state index in [1.807, 2.05) is 13.8 Å². The molecule has 0 radical (unpaired) electrons. The van der Waals surface area contributed by atoms with Gasteiger partial charge >= 0.3 is 0 Å². The minimum atomic E-state index is -0.280. The standard InChI is InChI=1S/C10H16N2O3S/c1-3-11-8(13)7-9(14)12(10(11)16)5-6-15-4-2/h7,14H,3-6H2,1-2H3. The van der Waals surface area contributed by atoms with Crippen LogP contribution in [0.25, 0.3) is 0 Å². The lowest BCUT2D eigenvalue weighted by Gasteiger charge is -2.12. The number of hydrogen-bond donors (Lipinski definition) is 1. The Hall–Kier alpha value is -1.14. The van der Waals surface area contributed by atoms with Gasteiger partial charge < -0.3 is 9.84 Å². The van der Waals surface area contributed by atoms with Crippen LogP contribution < -0.4 is 5.56 Å². The van der Waals surface area contributed by atoms with Crippen molar-refractivity contribution >= 4 is 12.2 Å². The summed E-state index contributed by atoms with van der Waals surface area (Å²) in [6, 6.07) is 1.17. The van der Waals surface area contributed by atoms with E-state index in [1.54, 1.807) is 0 Å². The molecule has 6 heteroatoms. The molecule has 0 atom stereocenters. The molecule has 1 N–H and O–H groups in total. The van der Waals surface area contributed by atoms with Gasteiger partial charge in [0.25, 0.3) is 5.56 Å². The zero-order chi connectivity index (χ0) is 12.1. The molecule has 0 bridgehead atoms. The summed E-state index contributed by atoms with van der Waals surface area (Å²) < 4.78 is 8.44. The van der Waals surface area contributed by atoms with E-state index in [0.717, 1.165) is 0 Å². The maximum absolute atomic E-state index is 11.5. The van der Waals surface area contributed by atoms with Gasteiger partial charge in [0.05, 0.1) is 19.2 Å². The first-order valence-electron chi connectivity index (χ1n) is 5.23. The van der Waals surface area contributed by atoms with Crippen LogP contribution in [0.1, 0.15) is 13.8 Å². The summed E-state index contributed by atoms with van der Waals surface area (Å²) in [5.74, 6) is -0.112. The molecular formula is C10H16N2O3S. The summed E-state index contributed by atoms with van der Waals surface area (Å²) in [6.45, 7) is 5.74. The van der Waals surface area contributed by atoms with Crippen molar-refractivity contribution in [1.29, 1.82) is 0 Å². The number of rotatable bonds is 5. The molecule has 0 saturated carbocycles. The average molecular weight is 244 g/mol. The normalized spacial score (nSPS) is 10.6. The molecule has 90 valence electrons. The van der Waals surface area contributed by atoms with E-state index in [2.05, 4.69) is 0 Å². The molecule has 16 heavy (non-hydrogen) atoms. The fourth-order valence-electron chi connectivity index (χ4n) is 1.41. The molecular weight excluding hydrogens is 228 g/mol. The Morgan fingerprint density at radius 1 is 1.44 bits per heavy atom. The van der Waals surface area contributed by atoms with Crippen LogP contribution >= 0.6 is 12.2 Å². The molecule has 1 heterocycles. The van der Waals surface area contributed by atoms with Crippen LogP contribution in [-0.4, -0.2) is 27.5 Å². The Morgan fingerprint density at radius 3 is 2.69 bits per heavy atom. The number of aromatic hydroxyl groups is 1. The van der Waals surface area contributed by atoms with Gasteiger partial charge in [0, 0.05) is 13.2 Å². The molecule has 0 aliphatic heterocycles. The van der Waals surface area contributed by atoms with Crippen molar-refractivity contribution in [2.24, 2.45) is 0 Å². The number of nitrogens with zero attached hydrogens (tertiary/aromatic N) is 2. The predicted molar refractivity (Wildman–Crippen MR) is 63.4 cm³/mol. The first-order valence-corrected chi connectivity index (χ1v) is 5.64. The highest BCUT2D eigenvalue weighted by Gasteiger charge is 2.06. The van der Waals surface area contributed by atoms with Crippen molar-refractivity contribution in [1.82, 2.24) is 9.13 Å². The Bertz CT molecular complexity index is 464. The van der Waals surface area contributed by atoms with Gasteiger partial charge in [-0.3, -0.25) is 13.9 Å². The molecule has 5 nitrogen and oxygen atoms in total. The monoisotopic (exact) mass is 244 g/mol. The van der Waals surface area contributed by atoms with Crippen molar-refractivity contribution in [3.63, 3.8) is 0 Å². The molecule has 0 unspecified atom stereocenters. The average Bonchev–Trinajstić information content (AvgIpc) is 2.23. The summed E-state index contributed by atoms with van der Waals surface area (Å²) in [4.78, 5) is 11.5. The van der Waals surface area contributed by atoms with Gasteiger partial charge in [-0.25, -0.2) is 0 Å². The Balaban J connectivity index is 3.09. The molecule has 0 aliphatic carbocycles. The van der Waals surface area contributed by atoms with Gasteiger partial charge in [-0.2, -0.15) is 0 Å². The third-order valence-corrected chi connectivity index (χ3v) is 2.68. The molecule has 0 fully saturated rings. The molecule has 1 aromatic heterocycles. The Morgan fingerprint density at radius 2 is 2.12 bits per heavy atom. The summed E-state index contributed by atoms with van der Waals surface area (Å²) in [6.07, 6.45) is 0. The summed E-state index contributed by atoms with van der Waals surface area (Å²) in [5, 5.41) is 9.62. The molecule has 0 saturated heterocycles. The number of hydrogen-bond acceptors (Lipinski definition) is 4. The molecule has 1 rings (SSSR count). The van der Waals surface area contributed by atoms with Crippen molar-refractivity contribution < 1.29 is 9.84 Å². The second-order valence-electron chi connectivity index (χ2n) is 3.22. The Kier molecular flexibility index (Phi) is 4.70. The van der Waals surface area contributed by atoms with E-state index in [1.165, 1.54) is 15.2 Å². The van der Waals surface area contributed by atoms with Gasteiger partial charge in [-0.15, -0.1) is 0 Å². The van der Waals surface area contributed by atoms with Gasteiger partial charge in [-0.1, -0.05) is 0 Å². The molecule has 0 aliphatic rings. The van der Waals surface area contributed by atoms with Crippen LogP contribution in [0.15, 0.2) is 10.9 Å². The van der Waals surface area contributed by atoms with Gasteiger partial charge in [-0.05, 0) is 26.1 Å². The maximum Gasteiger partial charge on any atom is 0.258 e. The molecule has 0 amide bonds. The number of aromatic nitrogens is 2. The molecule has 0 spiro atoms. The zero-order valence-corrected chi connectivity index (χ0v) is 10.3. The van der Waals surface area contributed by atoms with E-state index in [9.17, 15) is 9.90 Å². The zero-order valence-electron chi connectivity index (χ0n) is 9.47. The minimum absolute atomic E-state index is 0.112. The van der Waals surface area contributed by atoms with E-state index in [4.69, 9.17) is 17.0 Å². The van der Waals surface area contributed by atoms with Crippen LogP contribution in [-0.2, 0) is 17.8 Å². The highest BCUT2D eigenvalue weighted by molar-refractivity contribution is 7.71. The van der Waals surface area contributed by atoms with E-state index in [0.29, 0.717) is 31.1 Å². The van der Waals surface area contributed by atoms with Crippen molar-refractivity contribution in [2.75, 3.05) is 13.2 Å². The SMILES string of the molecule is CCOCCn1c(O)cc(=O)n(CC)c1=S. The van der Waals surface area contributed by atoms with E-state index >= 15 is 0 Å². The summed E-state index contributed by atoms with van der Waals surface area (Å²) >= 11 is 5.13. The topological polar surface area (TPSA) is 56.4 Å². The van der Waals surface area contributed by atoms with E-state index < -0.39 is 0 Å². The lowest BCUT2D eigenvalue weighted by atomic mass is 10.5. The fourth-order valence-corrected chi connectivity index (χ4v) is 1.81. The van der Waals surface area contributed by atoms with Crippen LogP contribution in [0, 0.1) is 4.77 Å². The minimum Gasteiger partial charge on any atom is -0.494 e. The summed E-state index contributed by atoms with van der Waals surface area (Å²) in [7, 11) is 0. The van der Waals surface area contributed by atoms with Gasteiger partial charge in [0.15, 0.2) is 10.7 Å². The van der Waals surface area contributed by atoms with Gasteiger partial charge in [0.1, 0.15) is 0 Å². The lowest BCUT2D eigenvalue weighted by Crippen LogP contribution is -2.24. The molecule has 0 aromatic carbocycles. The van der Waals surface area contributed by atoms with Gasteiger partial charge in [0.2, 0.25) is 0 Å². The van der Waals surface area contributed by atoms with Crippen LogP contribution in [0.4, 0.5) is 0 Å². The quantitative estimate of drug-likeness (QED) is 0.623. The van der Waals surface area contributed by atoms with Crippen LogP contribution in [0.3, 0.4) is 0 Å². The predicted octanol–water partition coefficient (Wildman–Crippen LogP) is 1.14. The fraction of sp³-hybridized carbons (Fsp3) is 0.600. The maximum atomic E-state index is 11.5. The second kappa shape index (κ2) is 5.81. The van der Waals surface area contributed by atoms with Crippen molar-refractivity contribution in [2.45, 2.75) is 26.9 Å². The van der Waals surface area contributed by atoms with Crippen LogP contribution in [0.2, 0.25) is 0 Å². The summed E-state index contributed by atoms with van der Waals surface area (Å²) in [5.41, 5.74) is -0.280. The second-order valence-corrected chi connectivity index (χ2v) is 3.58. The van der Waals surface area contributed by atoms with Crippen molar-refractivity contribution in [3.8, 4) is 5.88 Å². The molecule has 1 aromatic rings.